The van der Waals surface area contributed by atoms with Crippen LogP contribution in [-0.2, 0) is 9.53 Å². The molecule has 12 heteroatoms. The highest BCUT2D eigenvalue weighted by Gasteiger charge is 2.35. The Morgan fingerprint density at radius 2 is 2.06 bits per heavy atom. The number of imidazole rings is 1. The number of aromatic nitrogens is 4. The summed E-state index contributed by atoms with van der Waals surface area (Å²) in [4.78, 5) is 36.1. The van der Waals surface area contributed by atoms with Gasteiger partial charge in [-0.05, 0) is 24.3 Å². The van der Waals surface area contributed by atoms with Gasteiger partial charge in [-0.25, -0.2) is 15.0 Å². The number of carboxylic acids is 1. The summed E-state index contributed by atoms with van der Waals surface area (Å²) in [5, 5.41) is 22.1. The zero-order valence-corrected chi connectivity index (χ0v) is 18.4. The Balaban J connectivity index is 1.41. The quantitative estimate of drug-likeness (QED) is 0.333. The maximum Gasteiger partial charge on any atom is 0.320 e. The van der Waals surface area contributed by atoms with Crippen molar-refractivity contribution in [1.82, 2.24) is 19.5 Å². The topological polar surface area (TPSA) is 165 Å². The molecule has 1 aromatic carbocycles. The Hall–Kier alpha value is -3.06. The average Bonchev–Trinajstić information content (AvgIpc) is 3.41. The summed E-state index contributed by atoms with van der Waals surface area (Å²) in [6.07, 6.45) is 1.99. The Bertz CT molecular complexity index is 1130. The summed E-state index contributed by atoms with van der Waals surface area (Å²) in [7, 11) is 0. The van der Waals surface area contributed by atoms with Crippen LogP contribution in [0.4, 0.5) is 5.82 Å². The molecule has 1 saturated heterocycles. The van der Waals surface area contributed by atoms with E-state index in [1.54, 1.807) is 35.2 Å². The van der Waals surface area contributed by atoms with Crippen LogP contribution in [0.5, 0.6) is 0 Å². The maximum absolute atomic E-state index is 12.5. The van der Waals surface area contributed by atoms with Crippen molar-refractivity contribution in [3.63, 3.8) is 0 Å². The number of carboxylic acid groups (broad SMARTS) is 1. The van der Waals surface area contributed by atoms with E-state index in [-0.39, 0.29) is 11.7 Å². The van der Waals surface area contributed by atoms with E-state index >= 15 is 0 Å². The van der Waals surface area contributed by atoms with Gasteiger partial charge in [-0.2, -0.15) is 11.8 Å². The number of nitrogens with zero attached hydrogens (tertiary/aromatic N) is 4. The number of fused-ring (bicyclic) bond motifs is 1. The molecule has 0 aliphatic carbocycles. The van der Waals surface area contributed by atoms with E-state index in [9.17, 15) is 14.7 Å². The van der Waals surface area contributed by atoms with Gasteiger partial charge in [0.25, 0.3) is 5.91 Å². The lowest BCUT2D eigenvalue weighted by atomic mass is 10.2. The van der Waals surface area contributed by atoms with Crippen LogP contribution in [-0.4, -0.2) is 71.4 Å². The molecule has 3 heterocycles. The molecular formula is C21H24N6O5S. The monoisotopic (exact) mass is 472 g/mol. The SMILES string of the molecule is N[C@H](CCSC[C@H]1O[C@@H](n2cnc3c(NC(=O)c4ccccc4)ncnc32)C[C@@H]1O)C(=O)O. The fourth-order valence-electron chi connectivity index (χ4n) is 3.49. The Morgan fingerprint density at radius 3 is 2.82 bits per heavy atom. The molecule has 0 spiro atoms. The molecule has 1 aliphatic rings. The predicted octanol–water partition coefficient (Wildman–Crippen LogP) is 1.26. The molecule has 0 saturated carbocycles. The minimum Gasteiger partial charge on any atom is -0.480 e. The third kappa shape index (κ3) is 5.30. The summed E-state index contributed by atoms with van der Waals surface area (Å²) in [5.41, 5.74) is 6.90. The minimum absolute atomic E-state index is 0.285. The Labute approximate surface area is 193 Å². The van der Waals surface area contributed by atoms with E-state index in [0.717, 1.165) is 0 Å². The first-order valence-corrected chi connectivity index (χ1v) is 11.5. The number of ether oxygens (including phenoxy) is 1. The first kappa shape index (κ1) is 23.1. The van der Waals surface area contributed by atoms with Crippen LogP contribution in [0.15, 0.2) is 43.0 Å². The second-order valence-corrected chi connectivity index (χ2v) is 8.76. The summed E-state index contributed by atoms with van der Waals surface area (Å²) in [6.45, 7) is 0. The predicted molar refractivity (Wildman–Crippen MR) is 122 cm³/mol. The van der Waals surface area contributed by atoms with Crippen LogP contribution in [0.25, 0.3) is 11.2 Å². The number of hydrogen-bond donors (Lipinski definition) is 4. The number of aliphatic hydroxyl groups excluding tert-OH is 1. The molecule has 11 nitrogen and oxygen atoms in total. The van der Waals surface area contributed by atoms with E-state index < -0.39 is 30.4 Å². The lowest BCUT2D eigenvalue weighted by Gasteiger charge is -2.16. The van der Waals surface area contributed by atoms with E-state index in [2.05, 4.69) is 20.3 Å². The highest BCUT2D eigenvalue weighted by atomic mass is 32.2. The van der Waals surface area contributed by atoms with Gasteiger partial charge >= 0.3 is 5.97 Å². The molecule has 0 radical (unpaired) electrons. The lowest BCUT2D eigenvalue weighted by molar-refractivity contribution is -0.138. The van der Waals surface area contributed by atoms with Crippen molar-refractivity contribution in [1.29, 1.82) is 0 Å². The molecule has 33 heavy (non-hydrogen) atoms. The Morgan fingerprint density at radius 1 is 1.27 bits per heavy atom. The molecule has 0 bridgehead atoms. The van der Waals surface area contributed by atoms with Gasteiger partial charge in [0.1, 0.15) is 18.6 Å². The summed E-state index contributed by atoms with van der Waals surface area (Å²) in [6, 6.07) is 7.89. The molecule has 4 atom stereocenters. The second kappa shape index (κ2) is 10.3. The average molecular weight is 473 g/mol. The normalized spacial score (nSPS) is 21.2. The summed E-state index contributed by atoms with van der Waals surface area (Å²) in [5.74, 6) is 0.00647. The number of thioether (sulfide) groups is 1. The van der Waals surface area contributed by atoms with Crippen molar-refractivity contribution in [2.24, 2.45) is 5.73 Å². The van der Waals surface area contributed by atoms with Crippen LogP contribution in [0.3, 0.4) is 0 Å². The third-order valence-electron chi connectivity index (χ3n) is 5.31. The summed E-state index contributed by atoms with van der Waals surface area (Å²) < 4.78 is 7.74. The number of anilines is 1. The number of nitrogens with two attached hydrogens (primary N) is 1. The molecule has 1 amide bonds. The molecule has 0 unspecified atom stereocenters. The number of carbonyl (C=O) groups excluding carboxylic acids is 1. The van der Waals surface area contributed by atoms with Gasteiger partial charge in [-0.3, -0.25) is 14.2 Å². The summed E-state index contributed by atoms with van der Waals surface area (Å²) >= 11 is 1.48. The third-order valence-corrected chi connectivity index (χ3v) is 6.40. The fraction of sp³-hybridized carbons (Fsp3) is 0.381. The number of hydrogen-bond acceptors (Lipinski definition) is 9. The van der Waals surface area contributed by atoms with Gasteiger partial charge in [0.05, 0.1) is 18.5 Å². The second-order valence-electron chi connectivity index (χ2n) is 7.61. The van der Waals surface area contributed by atoms with Gasteiger partial charge in [0, 0.05) is 17.7 Å². The first-order valence-electron chi connectivity index (χ1n) is 10.4. The number of nitrogens with one attached hydrogen (secondary N) is 1. The van der Waals surface area contributed by atoms with Gasteiger partial charge in [-0.1, -0.05) is 18.2 Å². The number of amides is 1. The smallest absolute Gasteiger partial charge is 0.320 e. The molecule has 174 valence electrons. The molecule has 3 aromatic rings. The van der Waals surface area contributed by atoms with Crippen molar-refractivity contribution >= 4 is 40.6 Å². The van der Waals surface area contributed by atoms with Crippen LogP contribution in [0.2, 0.25) is 0 Å². The van der Waals surface area contributed by atoms with Crippen molar-refractivity contribution in [3.05, 3.63) is 48.5 Å². The van der Waals surface area contributed by atoms with E-state index in [0.29, 0.717) is 41.1 Å². The molecule has 2 aromatic heterocycles. The van der Waals surface area contributed by atoms with Crippen LogP contribution < -0.4 is 11.1 Å². The highest BCUT2D eigenvalue weighted by Crippen LogP contribution is 2.33. The van der Waals surface area contributed by atoms with Crippen LogP contribution in [0.1, 0.15) is 29.4 Å². The van der Waals surface area contributed by atoms with Gasteiger partial charge in [0.2, 0.25) is 0 Å². The fourth-order valence-corrected chi connectivity index (χ4v) is 4.61. The van der Waals surface area contributed by atoms with Crippen LogP contribution >= 0.6 is 11.8 Å². The van der Waals surface area contributed by atoms with E-state index in [1.165, 1.54) is 18.1 Å². The largest absolute Gasteiger partial charge is 0.480 e. The highest BCUT2D eigenvalue weighted by molar-refractivity contribution is 7.99. The number of rotatable bonds is 9. The number of benzene rings is 1. The van der Waals surface area contributed by atoms with Gasteiger partial charge < -0.3 is 26.0 Å². The van der Waals surface area contributed by atoms with Crippen molar-refractivity contribution < 1.29 is 24.5 Å². The maximum atomic E-state index is 12.5. The van der Waals surface area contributed by atoms with E-state index in [4.69, 9.17) is 15.6 Å². The van der Waals surface area contributed by atoms with E-state index in [1.807, 2.05) is 6.07 Å². The molecule has 4 rings (SSSR count). The van der Waals surface area contributed by atoms with Gasteiger partial charge in [0.15, 0.2) is 17.0 Å². The minimum atomic E-state index is -1.03. The Kier molecular flexibility index (Phi) is 7.18. The van der Waals surface area contributed by atoms with Crippen molar-refractivity contribution in [3.8, 4) is 0 Å². The number of aliphatic hydroxyl groups is 1. The lowest BCUT2D eigenvalue weighted by Crippen LogP contribution is -2.31. The number of carbonyl (C=O) groups is 2. The van der Waals surface area contributed by atoms with Crippen molar-refractivity contribution in [2.75, 3.05) is 16.8 Å². The molecule has 1 fully saturated rings. The van der Waals surface area contributed by atoms with Gasteiger partial charge in [-0.15, -0.1) is 0 Å². The first-order chi connectivity index (χ1) is 15.9. The molecular weight excluding hydrogens is 448 g/mol. The zero-order chi connectivity index (χ0) is 23.4. The standard InChI is InChI=1S/C21H24N6O5S/c22-13(21(30)31)6-7-33-9-15-14(28)8-16(32-15)27-11-25-17-18(23-10-24-19(17)27)26-20(29)12-4-2-1-3-5-12/h1-5,10-11,13-16,28H,6-9,22H2,(H,30,31)(H,23,24,26,29)/t13-,14+,15-,16-/m1/s1. The van der Waals surface area contributed by atoms with Crippen LogP contribution in [0, 0.1) is 0 Å². The molecule has 1 aliphatic heterocycles. The molecule has 5 N–H and O–H groups in total. The number of aliphatic carboxylic acids is 1. The van der Waals surface area contributed by atoms with Crippen molar-refractivity contribution in [2.45, 2.75) is 37.3 Å². The zero-order valence-electron chi connectivity index (χ0n) is 17.6.